The average Bonchev–Trinajstić information content (AvgIpc) is 2.25. The molecule has 106 valence electrons. The molecule has 0 aliphatic carbocycles. The molecule has 18 heavy (non-hydrogen) atoms. The van der Waals surface area contributed by atoms with E-state index in [1.807, 2.05) is 14.1 Å². The van der Waals surface area contributed by atoms with Crippen molar-refractivity contribution in [3.8, 4) is 0 Å². The van der Waals surface area contributed by atoms with E-state index in [4.69, 9.17) is 4.74 Å². The summed E-state index contributed by atoms with van der Waals surface area (Å²) in [6, 6.07) is 0. The third kappa shape index (κ3) is 11.7. The first-order valence-corrected chi connectivity index (χ1v) is 6.67. The summed E-state index contributed by atoms with van der Waals surface area (Å²) in [6.07, 6.45) is 3.55. The summed E-state index contributed by atoms with van der Waals surface area (Å²) in [5.41, 5.74) is 0. The van der Waals surface area contributed by atoms with Gasteiger partial charge in [0.15, 0.2) is 0 Å². The highest BCUT2D eigenvalue weighted by molar-refractivity contribution is 5.76. The zero-order chi connectivity index (χ0) is 14.0. The second kappa shape index (κ2) is 10.2. The summed E-state index contributed by atoms with van der Waals surface area (Å²) in [6.45, 7) is 4.87. The molecule has 0 fully saturated rings. The van der Waals surface area contributed by atoms with Crippen LogP contribution in [0.15, 0.2) is 0 Å². The van der Waals surface area contributed by atoms with Gasteiger partial charge in [0, 0.05) is 19.4 Å². The summed E-state index contributed by atoms with van der Waals surface area (Å²) in [5, 5.41) is 0. The number of carbonyl (C=O) groups is 2. The molecule has 0 aliphatic heterocycles. The third-order valence-electron chi connectivity index (χ3n) is 2.74. The Labute approximate surface area is 111 Å². The molecule has 4 nitrogen and oxygen atoms in total. The summed E-state index contributed by atoms with van der Waals surface area (Å²) >= 11 is 0. The third-order valence-corrected chi connectivity index (χ3v) is 2.74. The van der Waals surface area contributed by atoms with Crippen LogP contribution in [-0.2, 0) is 14.3 Å². The van der Waals surface area contributed by atoms with Gasteiger partial charge < -0.3 is 19.2 Å². The number of hydrogen-bond acceptors (Lipinski definition) is 4. The van der Waals surface area contributed by atoms with E-state index in [-0.39, 0.29) is 17.7 Å². The molecule has 0 saturated carbocycles. The van der Waals surface area contributed by atoms with Crippen LogP contribution in [0.3, 0.4) is 0 Å². The van der Waals surface area contributed by atoms with Crippen molar-refractivity contribution in [2.75, 3.05) is 27.2 Å². The van der Waals surface area contributed by atoms with Gasteiger partial charge in [-0.05, 0) is 53.8 Å². The van der Waals surface area contributed by atoms with Gasteiger partial charge in [0.2, 0.25) is 0 Å². The Bertz CT molecular complexity index is 233. The van der Waals surface area contributed by atoms with E-state index >= 15 is 0 Å². The molecule has 4 heteroatoms. The van der Waals surface area contributed by atoms with Crippen LogP contribution in [0.4, 0.5) is 0 Å². The van der Waals surface area contributed by atoms with Crippen molar-refractivity contribution in [1.29, 1.82) is 0 Å². The van der Waals surface area contributed by atoms with Crippen molar-refractivity contribution in [2.24, 2.45) is 0 Å². The van der Waals surface area contributed by atoms with Crippen LogP contribution >= 0.6 is 0 Å². The Morgan fingerprint density at radius 3 is 1.94 bits per heavy atom. The lowest BCUT2D eigenvalue weighted by molar-refractivity contribution is -0.118. The minimum atomic E-state index is 0.0416. The molecule has 0 N–H and O–H groups in total. The number of rotatable bonds is 11. The minimum absolute atomic E-state index is 0.0416. The SMILES string of the molecule is CC(=O)CCC(CCC(C)=O)OCCCN(C)C. The number of ether oxygens (including phenoxy) is 1. The van der Waals surface area contributed by atoms with Gasteiger partial charge in [0.1, 0.15) is 11.6 Å². The predicted octanol–water partition coefficient (Wildman–Crippen LogP) is 2.06. The number of hydrogen-bond donors (Lipinski definition) is 0. The number of ketones is 2. The van der Waals surface area contributed by atoms with E-state index in [0.717, 1.165) is 25.8 Å². The normalized spacial score (nSPS) is 11.2. The highest BCUT2D eigenvalue weighted by atomic mass is 16.5. The van der Waals surface area contributed by atoms with Crippen molar-refractivity contribution < 1.29 is 14.3 Å². The molecule has 0 aromatic carbocycles. The standard InChI is InChI=1S/C14H27NO3/c1-12(16)6-8-14(9-7-13(2)17)18-11-5-10-15(3)4/h14H,5-11H2,1-4H3. The molecular weight excluding hydrogens is 230 g/mol. The van der Waals surface area contributed by atoms with Crippen molar-refractivity contribution in [2.45, 2.75) is 52.1 Å². The number of Topliss-reactive ketones (excluding diaryl/α,β-unsaturated/α-hetero) is 2. The lowest BCUT2D eigenvalue weighted by Gasteiger charge is -2.17. The zero-order valence-corrected chi connectivity index (χ0v) is 12.2. The molecule has 0 aromatic rings. The van der Waals surface area contributed by atoms with E-state index < -0.39 is 0 Å². The van der Waals surface area contributed by atoms with Crippen LogP contribution in [-0.4, -0.2) is 49.8 Å². The fraction of sp³-hybridized carbons (Fsp3) is 0.857. The van der Waals surface area contributed by atoms with Gasteiger partial charge >= 0.3 is 0 Å². The Hall–Kier alpha value is -0.740. The van der Waals surface area contributed by atoms with Crippen LogP contribution in [0.1, 0.15) is 46.0 Å². The first-order valence-electron chi connectivity index (χ1n) is 6.67. The molecule has 0 atom stereocenters. The highest BCUT2D eigenvalue weighted by Gasteiger charge is 2.11. The summed E-state index contributed by atoms with van der Waals surface area (Å²) in [4.78, 5) is 24.1. The Morgan fingerprint density at radius 1 is 1.06 bits per heavy atom. The number of carbonyl (C=O) groups excluding carboxylic acids is 2. The fourth-order valence-corrected chi connectivity index (χ4v) is 1.67. The predicted molar refractivity (Wildman–Crippen MR) is 72.7 cm³/mol. The summed E-state index contributed by atoms with van der Waals surface area (Å²) in [7, 11) is 4.06. The topological polar surface area (TPSA) is 46.6 Å². The Kier molecular flexibility index (Phi) is 9.79. The molecule has 0 heterocycles. The molecule has 0 bridgehead atoms. The van der Waals surface area contributed by atoms with Gasteiger partial charge in [-0.3, -0.25) is 0 Å². The summed E-state index contributed by atoms with van der Waals surface area (Å²) in [5.74, 6) is 0.361. The molecule has 0 rings (SSSR count). The highest BCUT2D eigenvalue weighted by Crippen LogP contribution is 2.11. The van der Waals surface area contributed by atoms with Gasteiger partial charge in [-0.2, -0.15) is 0 Å². The van der Waals surface area contributed by atoms with E-state index in [9.17, 15) is 9.59 Å². The quantitative estimate of drug-likeness (QED) is 0.532. The fourth-order valence-electron chi connectivity index (χ4n) is 1.67. The molecule has 0 amide bonds. The van der Waals surface area contributed by atoms with Crippen molar-refractivity contribution in [3.05, 3.63) is 0 Å². The van der Waals surface area contributed by atoms with E-state index in [1.54, 1.807) is 13.8 Å². The van der Waals surface area contributed by atoms with Crippen LogP contribution < -0.4 is 0 Å². The monoisotopic (exact) mass is 257 g/mol. The molecule has 0 spiro atoms. The molecule has 0 saturated heterocycles. The van der Waals surface area contributed by atoms with Gasteiger partial charge in [-0.1, -0.05) is 0 Å². The van der Waals surface area contributed by atoms with Crippen LogP contribution in [0.5, 0.6) is 0 Å². The van der Waals surface area contributed by atoms with Crippen LogP contribution in [0.25, 0.3) is 0 Å². The van der Waals surface area contributed by atoms with Gasteiger partial charge in [0.05, 0.1) is 6.10 Å². The molecule has 0 unspecified atom stereocenters. The molecule has 0 radical (unpaired) electrons. The maximum Gasteiger partial charge on any atom is 0.129 e. The summed E-state index contributed by atoms with van der Waals surface area (Å²) < 4.78 is 5.76. The van der Waals surface area contributed by atoms with Crippen LogP contribution in [0, 0.1) is 0 Å². The van der Waals surface area contributed by atoms with E-state index in [0.29, 0.717) is 19.4 Å². The first kappa shape index (κ1) is 17.3. The van der Waals surface area contributed by atoms with Crippen molar-refractivity contribution in [3.63, 3.8) is 0 Å². The number of nitrogens with zero attached hydrogens (tertiary/aromatic N) is 1. The largest absolute Gasteiger partial charge is 0.378 e. The smallest absolute Gasteiger partial charge is 0.129 e. The average molecular weight is 257 g/mol. The van der Waals surface area contributed by atoms with Crippen molar-refractivity contribution >= 4 is 11.6 Å². The molecular formula is C14H27NO3. The Morgan fingerprint density at radius 2 is 1.56 bits per heavy atom. The van der Waals surface area contributed by atoms with Gasteiger partial charge in [-0.25, -0.2) is 0 Å². The van der Waals surface area contributed by atoms with Crippen molar-refractivity contribution in [1.82, 2.24) is 4.90 Å². The molecule has 0 aromatic heterocycles. The first-order chi connectivity index (χ1) is 8.41. The lowest BCUT2D eigenvalue weighted by Crippen LogP contribution is -2.19. The van der Waals surface area contributed by atoms with Gasteiger partial charge in [-0.15, -0.1) is 0 Å². The van der Waals surface area contributed by atoms with E-state index in [1.165, 1.54) is 0 Å². The minimum Gasteiger partial charge on any atom is -0.378 e. The van der Waals surface area contributed by atoms with E-state index in [2.05, 4.69) is 4.90 Å². The maximum atomic E-state index is 11.0. The lowest BCUT2D eigenvalue weighted by atomic mass is 10.1. The Balaban J connectivity index is 3.87. The second-order valence-corrected chi connectivity index (χ2v) is 5.13. The van der Waals surface area contributed by atoms with Gasteiger partial charge in [0.25, 0.3) is 0 Å². The second-order valence-electron chi connectivity index (χ2n) is 5.13. The van der Waals surface area contributed by atoms with Crippen LogP contribution in [0.2, 0.25) is 0 Å². The maximum absolute atomic E-state index is 11.0. The molecule has 0 aliphatic rings. The zero-order valence-electron chi connectivity index (χ0n) is 12.2.